The first-order chi connectivity index (χ1) is 13.0. The molecule has 9 nitrogen and oxygen atoms in total. The Labute approximate surface area is 169 Å². The van der Waals surface area contributed by atoms with Crippen LogP contribution in [0.3, 0.4) is 0 Å². The predicted octanol–water partition coefficient (Wildman–Crippen LogP) is 2.46. The summed E-state index contributed by atoms with van der Waals surface area (Å²) in [5.74, 6) is -7.52. The maximum absolute atomic E-state index is 12.6. The lowest BCUT2D eigenvalue weighted by molar-refractivity contribution is -0.518. The van der Waals surface area contributed by atoms with Crippen molar-refractivity contribution < 1.29 is 29.2 Å². The molecule has 0 spiro atoms. The zero-order valence-corrected chi connectivity index (χ0v) is 16.1. The second kappa shape index (κ2) is 8.66. The number of Topliss-reactive ketones (excluding diaryl/α,β-unsaturated/α-hetero) is 2. The van der Waals surface area contributed by atoms with Gasteiger partial charge in [-0.15, -0.1) is 0 Å². The van der Waals surface area contributed by atoms with Gasteiger partial charge in [0.25, 0.3) is 17.7 Å². The van der Waals surface area contributed by atoms with Crippen LogP contribution in [0.5, 0.6) is 0 Å². The number of nitro groups is 1. The highest BCUT2D eigenvalue weighted by molar-refractivity contribution is 6.44. The molecule has 2 rings (SSSR count). The van der Waals surface area contributed by atoms with E-state index in [0.717, 1.165) is 0 Å². The van der Waals surface area contributed by atoms with Crippen molar-refractivity contribution in [3.05, 3.63) is 38.4 Å². The monoisotopic (exact) mass is 430 g/mol. The molecule has 4 unspecified atom stereocenters. The van der Waals surface area contributed by atoms with Gasteiger partial charge in [-0.25, -0.2) is 0 Å². The number of rotatable bonds is 7. The Kier molecular flexibility index (Phi) is 6.73. The number of aliphatic carboxylic acids is 1. The minimum absolute atomic E-state index is 0.00718. The Bertz CT molecular complexity index is 858. The van der Waals surface area contributed by atoms with E-state index < -0.39 is 58.6 Å². The van der Waals surface area contributed by atoms with Crippen molar-refractivity contribution >= 4 is 52.3 Å². The summed E-state index contributed by atoms with van der Waals surface area (Å²) in [6.45, 7) is 1.51. The molecule has 1 amide bonds. The molecule has 150 valence electrons. The van der Waals surface area contributed by atoms with Crippen LogP contribution in [-0.4, -0.2) is 39.5 Å². The highest BCUT2D eigenvalue weighted by Crippen LogP contribution is 2.40. The number of benzene rings is 1. The van der Waals surface area contributed by atoms with Crippen molar-refractivity contribution in [3.8, 4) is 0 Å². The molecule has 4 atom stereocenters. The number of amides is 1. The van der Waals surface area contributed by atoms with Gasteiger partial charge in [-0.1, -0.05) is 30.1 Å². The Morgan fingerprint density at radius 2 is 2.00 bits per heavy atom. The normalized spacial score (nSPS) is 22.5. The van der Waals surface area contributed by atoms with Crippen LogP contribution in [-0.2, 0) is 19.2 Å². The molecule has 1 saturated carbocycles. The summed E-state index contributed by atoms with van der Waals surface area (Å²) < 4.78 is 0. The maximum Gasteiger partial charge on any atom is 0.304 e. The molecule has 1 aliphatic rings. The van der Waals surface area contributed by atoms with Crippen molar-refractivity contribution in [2.75, 3.05) is 5.32 Å². The van der Waals surface area contributed by atoms with Crippen molar-refractivity contribution in [3.63, 3.8) is 0 Å². The average molecular weight is 431 g/mol. The summed E-state index contributed by atoms with van der Waals surface area (Å²) in [7, 11) is 0. The topological polar surface area (TPSA) is 144 Å². The number of hydrogen-bond donors (Lipinski definition) is 2. The first kappa shape index (κ1) is 21.8. The van der Waals surface area contributed by atoms with E-state index in [1.165, 1.54) is 25.1 Å². The van der Waals surface area contributed by atoms with Gasteiger partial charge in [-0.3, -0.25) is 29.3 Å². The summed E-state index contributed by atoms with van der Waals surface area (Å²) >= 11 is 11.7. The largest absolute Gasteiger partial charge is 0.481 e. The van der Waals surface area contributed by atoms with Crippen molar-refractivity contribution in [1.82, 2.24) is 0 Å². The minimum Gasteiger partial charge on any atom is -0.481 e. The fourth-order valence-electron chi connectivity index (χ4n) is 3.51. The van der Waals surface area contributed by atoms with Crippen molar-refractivity contribution in [2.24, 2.45) is 17.8 Å². The van der Waals surface area contributed by atoms with E-state index in [0.29, 0.717) is 0 Å². The van der Waals surface area contributed by atoms with Gasteiger partial charge in [0.05, 0.1) is 17.1 Å². The molecule has 1 aliphatic carbocycles. The van der Waals surface area contributed by atoms with E-state index in [-0.39, 0.29) is 22.2 Å². The van der Waals surface area contributed by atoms with Crippen LogP contribution in [0.1, 0.15) is 19.8 Å². The van der Waals surface area contributed by atoms with Crippen LogP contribution < -0.4 is 5.32 Å². The highest BCUT2D eigenvalue weighted by atomic mass is 35.5. The van der Waals surface area contributed by atoms with Crippen molar-refractivity contribution in [2.45, 2.75) is 25.8 Å². The third-order valence-corrected chi connectivity index (χ3v) is 5.28. The molecule has 1 aromatic rings. The SMILES string of the molecule is CC1CC(=O)C(CC(=O)O)C1C(C(=O)C(=O)Nc1cc(Cl)ccc1Cl)[N+](=O)[O-]. The van der Waals surface area contributed by atoms with Gasteiger partial charge in [0, 0.05) is 28.2 Å². The zero-order chi connectivity index (χ0) is 21.2. The van der Waals surface area contributed by atoms with Gasteiger partial charge in [0.1, 0.15) is 5.78 Å². The van der Waals surface area contributed by atoms with E-state index in [9.17, 15) is 29.3 Å². The van der Waals surface area contributed by atoms with Crippen molar-refractivity contribution in [1.29, 1.82) is 0 Å². The quantitative estimate of drug-likeness (QED) is 0.383. The average Bonchev–Trinajstić information content (AvgIpc) is 2.84. The van der Waals surface area contributed by atoms with Gasteiger partial charge < -0.3 is 10.4 Å². The number of carboxylic acid groups (broad SMARTS) is 1. The molecule has 0 aliphatic heterocycles. The van der Waals surface area contributed by atoms with E-state index in [1.54, 1.807) is 0 Å². The Morgan fingerprint density at radius 3 is 2.57 bits per heavy atom. The Morgan fingerprint density at radius 1 is 1.36 bits per heavy atom. The first-order valence-corrected chi connectivity index (χ1v) is 8.96. The number of nitrogens with zero attached hydrogens (tertiary/aromatic N) is 1. The molecule has 0 aromatic heterocycles. The minimum atomic E-state index is -2.05. The number of ketones is 2. The van der Waals surface area contributed by atoms with Crippen LogP contribution in [0.15, 0.2) is 18.2 Å². The molecule has 0 heterocycles. The fourth-order valence-corrected chi connectivity index (χ4v) is 3.84. The summed E-state index contributed by atoms with van der Waals surface area (Å²) in [5, 5.41) is 23.1. The molecular formula is C17H16Cl2N2O7. The maximum atomic E-state index is 12.6. The lowest BCUT2D eigenvalue weighted by atomic mass is 9.80. The molecule has 0 radical (unpaired) electrons. The molecule has 0 saturated heterocycles. The lowest BCUT2D eigenvalue weighted by Gasteiger charge is -2.22. The van der Waals surface area contributed by atoms with Gasteiger partial charge in [0.15, 0.2) is 0 Å². The number of hydrogen-bond acceptors (Lipinski definition) is 6. The molecule has 11 heteroatoms. The molecular weight excluding hydrogens is 415 g/mol. The second-order valence-corrected chi connectivity index (χ2v) is 7.45. The van der Waals surface area contributed by atoms with E-state index in [2.05, 4.69) is 5.32 Å². The summed E-state index contributed by atoms with van der Waals surface area (Å²) in [4.78, 5) is 58.7. The number of nitrogens with one attached hydrogen (secondary N) is 1. The van der Waals surface area contributed by atoms with Crippen LogP contribution in [0, 0.1) is 27.9 Å². The summed E-state index contributed by atoms with van der Waals surface area (Å²) in [6.07, 6.45) is -0.741. The number of carbonyl (C=O) groups is 4. The summed E-state index contributed by atoms with van der Waals surface area (Å²) in [5.41, 5.74) is -0.00718. The second-order valence-electron chi connectivity index (χ2n) is 6.60. The van der Waals surface area contributed by atoms with Gasteiger partial charge in [-0.05, 0) is 24.1 Å². The van der Waals surface area contributed by atoms with E-state index in [1.807, 2.05) is 0 Å². The number of anilines is 1. The third kappa shape index (κ3) is 4.66. The Hall–Kier alpha value is -2.52. The lowest BCUT2D eigenvalue weighted by Crippen LogP contribution is -2.46. The van der Waals surface area contributed by atoms with Crippen LogP contribution in [0.25, 0.3) is 0 Å². The smallest absolute Gasteiger partial charge is 0.304 e. The predicted molar refractivity (Wildman–Crippen MR) is 98.9 cm³/mol. The number of halogens is 2. The summed E-state index contributed by atoms with van der Waals surface area (Å²) in [6, 6.07) is 2.04. The van der Waals surface area contributed by atoms with Gasteiger partial charge in [0.2, 0.25) is 0 Å². The third-order valence-electron chi connectivity index (χ3n) is 4.71. The molecule has 28 heavy (non-hydrogen) atoms. The first-order valence-electron chi connectivity index (χ1n) is 8.21. The molecule has 2 N–H and O–H groups in total. The number of carboxylic acids is 1. The molecule has 0 bridgehead atoms. The zero-order valence-electron chi connectivity index (χ0n) is 14.6. The number of carbonyl (C=O) groups excluding carboxylic acids is 3. The van der Waals surface area contributed by atoms with Gasteiger partial charge in [-0.2, -0.15) is 0 Å². The van der Waals surface area contributed by atoms with E-state index in [4.69, 9.17) is 28.3 Å². The fraction of sp³-hybridized carbons (Fsp3) is 0.412. The standard InChI is InChI=1S/C17H16Cl2N2O7/c1-7-4-12(22)9(6-13(23)24)14(7)15(21(27)28)16(25)17(26)20-11-5-8(18)2-3-10(11)19/h2-3,5,7,9,14-15H,4,6H2,1H3,(H,20,26)(H,23,24). The Balaban J connectivity index is 2.31. The molecule has 1 fully saturated rings. The highest BCUT2D eigenvalue weighted by Gasteiger charge is 2.54. The van der Waals surface area contributed by atoms with Crippen LogP contribution in [0.4, 0.5) is 5.69 Å². The van der Waals surface area contributed by atoms with Crippen LogP contribution >= 0.6 is 23.2 Å². The van der Waals surface area contributed by atoms with Gasteiger partial charge >= 0.3 is 5.97 Å². The van der Waals surface area contributed by atoms with Crippen LogP contribution in [0.2, 0.25) is 10.0 Å². The van der Waals surface area contributed by atoms with E-state index >= 15 is 0 Å². The molecule has 1 aromatic carbocycles.